The highest BCUT2D eigenvalue weighted by molar-refractivity contribution is 7.74. The van der Waals surface area contributed by atoms with Crippen molar-refractivity contribution in [2.24, 2.45) is 0 Å². The van der Waals surface area contributed by atoms with Gasteiger partial charge in [0.2, 0.25) is 0 Å². The average molecular weight is 217 g/mol. The molecule has 0 aliphatic rings. The molecule has 0 fully saturated rings. The van der Waals surface area contributed by atoms with E-state index >= 15 is 0 Å². The first-order valence-electron chi connectivity index (χ1n) is 3.55. The summed E-state index contributed by atoms with van der Waals surface area (Å²) in [6.07, 6.45) is 0. The molecule has 1 N–H and O–H groups in total. The minimum absolute atomic E-state index is 0.0847. The van der Waals surface area contributed by atoms with Crippen molar-refractivity contribution in [2.45, 2.75) is 6.92 Å². The Labute approximate surface area is 82.1 Å². The first kappa shape index (κ1) is 10.6. The number of hydrogen-bond acceptors (Lipinski definition) is 4. The lowest BCUT2D eigenvalue weighted by atomic mass is 10.2. The van der Waals surface area contributed by atoms with Gasteiger partial charge in [0, 0.05) is 12.1 Å². The normalized spacial score (nSPS) is 12.1. The zero-order valence-electron chi connectivity index (χ0n) is 7.17. The summed E-state index contributed by atoms with van der Waals surface area (Å²) in [7, 11) is 0. The molecule has 0 bridgehead atoms. The van der Waals surface area contributed by atoms with Crippen molar-refractivity contribution in [3.05, 3.63) is 33.9 Å². The summed E-state index contributed by atoms with van der Waals surface area (Å²) in [6, 6.07) is 3.75. The van der Waals surface area contributed by atoms with Gasteiger partial charge in [-0.05, 0) is 18.6 Å². The monoisotopic (exact) mass is 217 g/mol. The molecule has 1 rings (SSSR count). The maximum Gasteiger partial charge on any atom is 0.357 e. The second kappa shape index (κ2) is 4.16. The van der Waals surface area contributed by atoms with Crippen LogP contribution in [0.2, 0.25) is 0 Å². The Balaban J connectivity index is 3.01. The van der Waals surface area contributed by atoms with Gasteiger partial charge in [0.1, 0.15) is 5.75 Å². The van der Waals surface area contributed by atoms with Gasteiger partial charge in [-0.15, -0.1) is 0 Å². The van der Waals surface area contributed by atoms with Gasteiger partial charge in [0.25, 0.3) is 5.69 Å². The van der Waals surface area contributed by atoms with Crippen LogP contribution in [0.25, 0.3) is 0 Å². The SMILES string of the molecule is Cc1cc([N+](=O)[O-])ccc1OS(=O)O. The Bertz CT molecular complexity index is 392. The molecular weight excluding hydrogens is 210 g/mol. The molecule has 0 radical (unpaired) electrons. The molecule has 0 spiro atoms. The third-order valence-electron chi connectivity index (χ3n) is 1.53. The molecular formula is C7H7NO5S. The van der Waals surface area contributed by atoms with Crippen LogP contribution in [-0.2, 0) is 11.4 Å². The number of nitro benzene ring substituents is 1. The van der Waals surface area contributed by atoms with E-state index in [2.05, 4.69) is 4.18 Å². The van der Waals surface area contributed by atoms with E-state index in [-0.39, 0.29) is 11.4 Å². The molecule has 1 unspecified atom stereocenters. The van der Waals surface area contributed by atoms with Crippen molar-refractivity contribution in [3.63, 3.8) is 0 Å². The smallest absolute Gasteiger partial charge is 0.357 e. The van der Waals surface area contributed by atoms with Gasteiger partial charge < -0.3 is 4.18 Å². The Morgan fingerprint density at radius 2 is 2.21 bits per heavy atom. The van der Waals surface area contributed by atoms with Crippen molar-refractivity contribution >= 4 is 17.0 Å². The molecule has 7 heteroatoms. The van der Waals surface area contributed by atoms with E-state index in [1.807, 2.05) is 0 Å². The molecule has 1 atom stereocenters. The maximum atomic E-state index is 10.3. The minimum atomic E-state index is -2.41. The lowest BCUT2D eigenvalue weighted by Crippen LogP contribution is -1.99. The van der Waals surface area contributed by atoms with Crippen LogP contribution in [0.5, 0.6) is 5.75 Å². The van der Waals surface area contributed by atoms with Crippen LogP contribution in [0, 0.1) is 17.0 Å². The highest BCUT2D eigenvalue weighted by Gasteiger charge is 2.09. The van der Waals surface area contributed by atoms with Crippen molar-refractivity contribution in [2.75, 3.05) is 0 Å². The third-order valence-corrected chi connectivity index (χ3v) is 1.85. The van der Waals surface area contributed by atoms with E-state index in [1.54, 1.807) is 6.92 Å². The number of nitrogens with zero attached hydrogens (tertiary/aromatic N) is 1. The summed E-state index contributed by atoms with van der Waals surface area (Å²) in [5.41, 5.74) is 0.347. The van der Waals surface area contributed by atoms with Gasteiger partial charge in [0.15, 0.2) is 0 Å². The van der Waals surface area contributed by atoms with E-state index in [4.69, 9.17) is 4.55 Å². The molecule has 76 valence electrons. The van der Waals surface area contributed by atoms with Gasteiger partial charge >= 0.3 is 11.4 Å². The van der Waals surface area contributed by atoms with Crippen LogP contribution < -0.4 is 4.18 Å². The molecule has 1 aromatic carbocycles. The van der Waals surface area contributed by atoms with E-state index < -0.39 is 16.3 Å². The predicted molar refractivity (Wildman–Crippen MR) is 49.2 cm³/mol. The van der Waals surface area contributed by atoms with Crippen molar-refractivity contribution in [1.29, 1.82) is 0 Å². The van der Waals surface area contributed by atoms with Gasteiger partial charge in [-0.25, -0.2) is 0 Å². The van der Waals surface area contributed by atoms with Gasteiger partial charge in [0.05, 0.1) is 4.92 Å². The lowest BCUT2D eigenvalue weighted by Gasteiger charge is -2.02. The molecule has 14 heavy (non-hydrogen) atoms. The van der Waals surface area contributed by atoms with Gasteiger partial charge in [-0.1, -0.05) is 0 Å². The van der Waals surface area contributed by atoms with Crippen LogP contribution in [0.3, 0.4) is 0 Å². The molecule has 1 aromatic rings. The second-order valence-corrected chi connectivity index (χ2v) is 3.11. The Morgan fingerprint density at radius 1 is 1.57 bits per heavy atom. The predicted octanol–water partition coefficient (Wildman–Crippen LogP) is 1.42. The van der Waals surface area contributed by atoms with Crippen LogP contribution in [-0.4, -0.2) is 13.7 Å². The number of hydrogen-bond donors (Lipinski definition) is 1. The Morgan fingerprint density at radius 3 is 2.64 bits per heavy atom. The Hall–Kier alpha value is -1.47. The molecule has 0 saturated heterocycles. The number of aryl methyl sites for hydroxylation is 1. The van der Waals surface area contributed by atoms with E-state index in [1.165, 1.54) is 18.2 Å². The van der Waals surface area contributed by atoms with Crippen LogP contribution in [0.4, 0.5) is 5.69 Å². The summed E-state index contributed by atoms with van der Waals surface area (Å²) >= 11 is -2.41. The zero-order chi connectivity index (χ0) is 10.7. The molecule has 0 aromatic heterocycles. The van der Waals surface area contributed by atoms with Crippen molar-refractivity contribution in [1.82, 2.24) is 0 Å². The zero-order valence-corrected chi connectivity index (χ0v) is 7.98. The molecule has 0 aliphatic carbocycles. The van der Waals surface area contributed by atoms with Crippen molar-refractivity contribution < 1.29 is 17.9 Å². The van der Waals surface area contributed by atoms with Gasteiger partial charge in [-0.3, -0.25) is 14.7 Å². The number of benzene rings is 1. The summed E-state index contributed by atoms with van der Waals surface area (Å²) in [4.78, 5) is 9.79. The summed E-state index contributed by atoms with van der Waals surface area (Å²) in [5.74, 6) is 0.149. The third kappa shape index (κ3) is 2.51. The Kier molecular flexibility index (Phi) is 3.15. The van der Waals surface area contributed by atoms with Gasteiger partial charge in [-0.2, -0.15) is 4.21 Å². The van der Waals surface area contributed by atoms with E-state index in [9.17, 15) is 14.3 Å². The standard InChI is InChI=1S/C7H7NO5S/c1-5-4-6(8(9)10)2-3-7(5)13-14(11)12/h2-4H,1H3,(H,11,12). The molecule has 0 aliphatic heterocycles. The first-order valence-corrected chi connectivity index (χ1v) is 4.58. The number of rotatable bonds is 3. The first-order chi connectivity index (χ1) is 6.50. The number of non-ortho nitro benzene ring substituents is 1. The quantitative estimate of drug-likeness (QED) is 0.469. The minimum Gasteiger partial charge on any atom is -0.380 e. The maximum absolute atomic E-state index is 10.3. The molecule has 0 heterocycles. The van der Waals surface area contributed by atoms with Crippen molar-refractivity contribution in [3.8, 4) is 5.75 Å². The average Bonchev–Trinajstić information content (AvgIpc) is 2.07. The van der Waals surface area contributed by atoms with Crippen LogP contribution >= 0.6 is 0 Å². The van der Waals surface area contributed by atoms with Crippen LogP contribution in [0.15, 0.2) is 18.2 Å². The largest absolute Gasteiger partial charge is 0.380 e. The summed E-state index contributed by atoms with van der Waals surface area (Å²) in [5, 5.41) is 10.3. The molecule has 0 saturated carbocycles. The fraction of sp³-hybridized carbons (Fsp3) is 0.143. The fourth-order valence-electron chi connectivity index (χ4n) is 0.917. The molecule has 0 amide bonds. The molecule has 6 nitrogen and oxygen atoms in total. The topological polar surface area (TPSA) is 89.7 Å². The fourth-order valence-corrected chi connectivity index (χ4v) is 1.26. The number of nitro groups is 1. The summed E-state index contributed by atoms with van der Waals surface area (Å²) < 4.78 is 23.2. The highest BCUT2D eigenvalue weighted by Crippen LogP contribution is 2.23. The second-order valence-electron chi connectivity index (χ2n) is 2.51. The van der Waals surface area contributed by atoms with Crippen LogP contribution in [0.1, 0.15) is 5.56 Å². The van der Waals surface area contributed by atoms with E-state index in [0.29, 0.717) is 5.56 Å². The summed E-state index contributed by atoms with van der Waals surface area (Å²) in [6.45, 7) is 1.55. The van der Waals surface area contributed by atoms with E-state index in [0.717, 1.165) is 0 Å². The lowest BCUT2D eigenvalue weighted by molar-refractivity contribution is -0.384. The highest BCUT2D eigenvalue weighted by atomic mass is 32.2.